The molecule has 0 aromatic carbocycles. The van der Waals surface area contributed by atoms with Crippen molar-refractivity contribution in [1.82, 2.24) is 10.3 Å². The lowest BCUT2D eigenvalue weighted by atomic mass is 9.96. The third-order valence-electron chi connectivity index (χ3n) is 4.32. The zero-order valence-corrected chi connectivity index (χ0v) is 14.3. The van der Waals surface area contributed by atoms with E-state index >= 15 is 0 Å². The summed E-state index contributed by atoms with van der Waals surface area (Å²) in [6.45, 7) is 2.47. The fourth-order valence-corrected chi connectivity index (χ4v) is 3.68. The molecule has 5 nitrogen and oxygen atoms in total. The van der Waals surface area contributed by atoms with Gasteiger partial charge in [0, 0.05) is 30.7 Å². The van der Waals surface area contributed by atoms with E-state index in [1.807, 2.05) is 17.5 Å². The molecule has 124 valence electrons. The highest BCUT2D eigenvalue weighted by atomic mass is 32.1. The molecule has 6 heteroatoms. The Labute approximate surface area is 145 Å². The predicted molar refractivity (Wildman–Crippen MR) is 94.9 cm³/mol. The van der Waals surface area contributed by atoms with Crippen LogP contribution >= 0.6 is 11.3 Å². The molecule has 0 atom stereocenters. The van der Waals surface area contributed by atoms with E-state index in [0.29, 0.717) is 17.9 Å². The molecule has 24 heavy (non-hydrogen) atoms. The summed E-state index contributed by atoms with van der Waals surface area (Å²) in [6.07, 6.45) is 4.20. The molecule has 3 rings (SSSR count). The fraction of sp³-hybridized carbons (Fsp3) is 0.389. The van der Waals surface area contributed by atoms with E-state index in [1.54, 1.807) is 29.7 Å². The molecule has 1 amide bonds. The van der Waals surface area contributed by atoms with Crippen molar-refractivity contribution in [3.63, 3.8) is 0 Å². The first-order valence-corrected chi connectivity index (χ1v) is 9.03. The van der Waals surface area contributed by atoms with E-state index in [0.717, 1.165) is 43.2 Å². The van der Waals surface area contributed by atoms with Gasteiger partial charge in [0.2, 0.25) is 5.91 Å². The first kappa shape index (κ1) is 16.5. The molecule has 0 spiro atoms. The number of carbonyl (C=O) groups is 1. The van der Waals surface area contributed by atoms with E-state index in [4.69, 9.17) is 0 Å². The van der Waals surface area contributed by atoms with E-state index in [1.165, 1.54) is 0 Å². The largest absolute Gasteiger partial charge is 0.356 e. The van der Waals surface area contributed by atoms with Gasteiger partial charge in [-0.3, -0.25) is 4.79 Å². The van der Waals surface area contributed by atoms with Crippen molar-refractivity contribution >= 4 is 23.1 Å². The maximum atomic E-state index is 12.0. The van der Waals surface area contributed by atoms with Gasteiger partial charge in [0.1, 0.15) is 11.9 Å². The van der Waals surface area contributed by atoms with Gasteiger partial charge in [0.05, 0.1) is 12.0 Å². The van der Waals surface area contributed by atoms with Crippen molar-refractivity contribution in [3.05, 3.63) is 46.3 Å². The molecule has 1 aliphatic rings. The third-order valence-corrected chi connectivity index (χ3v) is 5.20. The number of aromatic nitrogens is 1. The van der Waals surface area contributed by atoms with Gasteiger partial charge >= 0.3 is 0 Å². The monoisotopic (exact) mass is 340 g/mol. The van der Waals surface area contributed by atoms with Gasteiger partial charge < -0.3 is 10.2 Å². The smallest absolute Gasteiger partial charge is 0.225 e. The highest BCUT2D eigenvalue weighted by Gasteiger charge is 2.22. The Balaban J connectivity index is 1.45. The number of amides is 1. The molecule has 0 radical (unpaired) electrons. The molecule has 0 saturated carbocycles. The van der Waals surface area contributed by atoms with Crippen molar-refractivity contribution in [2.24, 2.45) is 5.92 Å². The third kappa shape index (κ3) is 4.12. The molecular weight excluding hydrogens is 320 g/mol. The summed E-state index contributed by atoms with van der Waals surface area (Å²) in [4.78, 5) is 19.6. The molecule has 0 unspecified atom stereocenters. The molecule has 2 aromatic rings. The second-order valence-electron chi connectivity index (χ2n) is 5.98. The van der Waals surface area contributed by atoms with Crippen LogP contribution in [0.25, 0.3) is 0 Å². The zero-order chi connectivity index (χ0) is 16.8. The maximum Gasteiger partial charge on any atom is 0.225 e. The highest BCUT2D eigenvalue weighted by molar-refractivity contribution is 7.10. The van der Waals surface area contributed by atoms with Gasteiger partial charge in [-0.1, -0.05) is 6.07 Å². The average molecular weight is 340 g/mol. The Hall–Kier alpha value is -2.39. The lowest BCUT2D eigenvalue weighted by Crippen LogP contribution is -2.39. The van der Waals surface area contributed by atoms with E-state index in [9.17, 15) is 10.1 Å². The van der Waals surface area contributed by atoms with Gasteiger partial charge in [-0.25, -0.2) is 4.98 Å². The van der Waals surface area contributed by atoms with Gasteiger partial charge in [-0.2, -0.15) is 5.26 Å². The second-order valence-corrected chi connectivity index (χ2v) is 7.01. The number of nitrogens with one attached hydrogen (secondary N) is 1. The SMILES string of the molecule is N#Cc1cccnc1N1CCC(CNC(=O)Cc2cccs2)CC1. The van der Waals surface area contributed by atoms with E-state index in [-0.39, 0.29) is 5.91 Å². The van der Waals surface area contributed by atoms with Crippen LogP contribution in [0.5, 0.6) is 0 Å². The molecule has 2 aromatic heterocycles. The lowest BCUT2D eigenvalue weighted by Gasteiger charge is -2.33. The minimum Gasteiger partial charge on any atom is -0.356 e. The lowest BCUT2D eigenvalue weighted by molar-refractivity contribution is -0.120. The van der Waals surface area contributed by atoms with Crippen LogP contribution in [0.3, 0.4) is 0 Å². The normalized spacial score (nSPS) is 15.0. The molecule has 0 aliphatic carbocycles. The number of carbonyl (C=O) groups excluding carboxylic acids is 1. The van der Waals surface area contributed by atoms with E-state index < -0.39 is 0 Å². The topological polar surface area (TPSA) is 69.0 Å². The number of pyridine rings is 1. The summed E-state index contributed by atoms with van der Waals surface area (Å²) < 4.78 is 0. The number of nitrogens with zero attached hydrogens (tertiary/aromatic N) is 3. The predicted octanol–water partition coefficient (Wildman–Crippen LogP) is 2.59. The Bertz CT molecular complexity index is 715. The number of hydrogen-bond donors (Lipinski definition) is 1. The summed E-state index contributed by atoms with van der Waals surface area (Å²) >= 11 is 1.61. The van der Waals surface area contributed by atoms with Crippen LogP contribution in [-0.4, -0.2) is 30.5 Å². The zero-order valence-electron chi connectivity index (χ0n) is 13.4. The van der Waals surface area contributed by atoms with Crippen LogP contribution in [0, 0.1) is 17.2 Å². The highest BCUT2D eigenvalue weighted by Crippen LogP contribution is 2.23. The van der Waals surface area contributed by atoms with Crippen molar-refractivity contribution in [3.8, 4) is 6.07 Å². The van der Waals surface area contributed by atoms with Crippen molar-refractivity contribution in [2.45, 2.75) is 19.3 Å². The molecule has 1 aliphatic heterocycles. The van der Waals surface area contributed by atoms with Gasteiger partial charge in [-0.05, 0) is 42.3 Å². The van der Waals surface area contributed by atoms with Crippen molar-refractivity contribution in [1.29, 1.82) is 5.26 Å². The summed E-state index contributed by atoms with van der Waals surface area (Å²) in [5.74, 6) is 1.36. The van der Waals surface area contributed by atoms with Crippen molar-refractivity contribution in [2.75, 3.05) is 24.5 Å². The standard InChI is InChI=1S/C18H20N4OS/c19-12-15-3-1-7-20-18(15)22-8-5-14(6-9-22)13-21-17(23)11-16-4-2-10-24-16/h1-4,7,10,14H,5-6,8-9,11,13H2,(H,21,23). The number of nitriles is 1. The first-order valence-electron chi connectivity index (χ1n) is 8.15. The summed E-state index contributed by atoms with van der Waals surface area (Å²) in [5.41, 5.74) is 0.625. The fourth-order valence-electron chi connectivity index (χ4n) is 2.98. The van der Waals surface area contributed by atoms with E-state index in [2.05, 4.69) is 21.3 Å². The second kappa shape index (κ2) is 7.93. The Morgan fingerprint density at radius 1 is 1.38 bits per heavy atom. The quantitative estimate of drug-likeness (QED) is 0.908. The molecule has 0 bridgehead atoms. The van der Waals surface area contributed by atoms with Crippen LogP contribution in [0.2, 0.25) is 0 Å². The van der Waals surface area contributed by atoms with Crippen LogP contribution in [-0.2, 0) is 11.2 Å². The molecule has 1 saturated heterocycles. The summed E-state index contributed by atoms with van der Waals surface area (Å²) in [6, 6.07) is 9.76. The Morgan fingerprint density at radius 2 is 2.21 bits per heavy atom. The van der Waals surface area contributed by atoms with Gasteiger partial charge in [-0.15, -0.1) is 11.3 Å². The maximum absolute atomic E-state index is 12.0. The average Bonchev–Trinajstić information content (AvgIpc) is 3.13. The number of hydrogen-bond acceptors (Lipinski definition) is 5. The van der Waals surface area contributed by atoms with Crippen LogP contribution < -0.4 is 10.2 Å². The first-order chi connectivity index (χ1) is 11.8. The molecule has 3 heterocycles. The minimum absolute atomic E-state index is 0.0939. The van der Waals surface area contributed by atoms with Gasteiger partial charge in [0.25, 0.3) is 0 Å². The minimum atomic E-state index is 0.0939. The number of rotatable bonds is 5. The molecule has 1 fully saturated rings. The van der Waals surface area contributed by atoms with Gasteiger partial charge in [0.15, 0.2) is 0 Å². The summed E-state index contributed by atoms with van der Waals surface area (Å²) in [7, 11) is 0. The number of piperidine rings is 1. The van der Waals surface area contributed by atoms with Crippen LogP contribution in [0.15, 0.2) is 35.8 Å². The Morgan fingerprint density at radius 3 is 2.92 bits per heavy atom. The van der Waals surface area contributed by atoms with Crippen LogP contribution in [0.4, 0.5) is 5.82 Å². The summed E-state index contributed by atoms with van der Waals surface area (Å²) in [5, 5.41) is 14.2. The molecule has 1 N–H and O–H groups in total. The van der Waals surface area contributed by atoms with Crippen LogP contribution in [0.1, 0.15) is 23.3 Å². The number of thiophene rings is 1. The number of anilines is 1. The van der Waals surface area contributed by atoms with Crippen molar-refractivity contribution < 1.29 is 4.79 Å². The Kier molecular flexibility index (Phi) is 5.44. The molecular formula is C18H20N4OS.